The zero-order valence-electron chi connectivity index (χ0n) is 15.7. The molecule has 1 N–H and O–H groups in total. The van der Waals surface area contributed by atoms with Crippen LogP contribution in [0.4, 0.5) is 0 Å². The van der Waals surface area contributed by atoms with E-state index in [0.29, 0.717) is 18.9 Å². The summed E-state index contributed by atoms with van der Waals surface area (Å²) >= 11 is 1.62. The number of piperidine rings is 1. The zero-order chi connectivity index (χ0) is 19.3. The fraction of sp³-hybridized carbons (Fsp3) is 0.526. The quantitative estimate of drug-likeness (QED) is 0.283. The minimum atomic E-state index is -0.383. The van der Waals surface area contributed by atoms with E-state index in [1.54, 1.807) is 42.2 Å². The van der Waals surface area contributed by atoms with Crippen molar-refractivity contribution in [3.63, 3.8) is 0 Å². The summed E-state index contributed by atoms with van der Waals surface area (Å²) in [5, 5.41) is 3.98. The molecule has 1 aromatic carbocycles. The molecule has 1 aliphatic rings. The van der Waals surface area contributed by atoms with Gasteiger partial charge >= 0.3 is 5.97 Å². The van der Waals surface area contributed by atoms with Crippen LogP contribution in [0.1, 0.15) is 24.8 Å². The second-order valence-electron chi connectivity index (χ2n) is 6.20. The molecule has 0 atom stereocenters. The van der Waals surface area contributed by atoms with Crippen molar-refractivity contribution in [2.75, 3.05) is 44.9 Å². The number of nitrogens with zero attached hydrogens (tertiary/aromatic N) is 2. The number of hydrogen-bond acceptors (Lipinski definition) is 7. The van der Waals surface area contributed by atoms with Crippen molar-refractivity contribution >= 4 is 29.9 Å². The van der Waals surface area contributed by atoms with Crippen LogP contribution in [-0.2, 0) is 14.3 Å². The second kappa shape index (κ2) is 12.3. The van der Waals surface area contributed by atoms with E-state index in [4.69, 9.17) is 9.47 Å². The van der Waals surface area contributed by atoms with E-state index in [1.165, 1.54) is 6.42 Å². The average Bonchev–Trinajstić information content (AvgIpc) is 2.68. The van der Waals surface area contributed by atoms with Crippen LogP contribution in [0, 0.1) is 0 Å². The van der Waals surface area contributed by atoms with Gasteiger partial charge in [-0.1, -0.05) is 6.42 Å². The number of nitrogens with one attached hydrogen (secondary N) is 1. The highest BCUT2D eigenvalue weighted by atomic mass is 32.2. The third-order valence-corrected chi connectivity index (χ3v) is 4.58. The lowest BCUT2D eigenvalue weighted by Crippen LogP contribution is -2.38. The second-order valence-corrected chi connectivity index (χ2v) is 7.19. The van der Waals surface area contributed by atoms with Crippen molar-refractivity contribution in [1.29, 1.82) is 0 Å². The standard InChI is InChI=1S/C19H27N3O4S/c1-27-12-11-25-19(24)15-26-17-7-5-16(6-8-17)13-20-21-18(23)14-22-9-3-2-4-10-22/h5-8,13H,2-4,9-12,14-15H2,1H3,(H,21,23)/b20-13-. The van der Waals surface area contributed by atoms with Gasteiger partial charge in [0.1, 0.15) is 12.4 Å². The summed E-state index contributed by atoms with van der Waals surface area (Å²) in [6, 6.07) is 7.08. The van der Waals surface area contributed by atoms with Gasteiger partial charge in [0.15, 0.2) is 6.61 Å². The average molecular weight is 394 g/mol. The molecule has 1 aromatic rings. The number of carbonyl (C=O) groups is 2. The molecule has 0 aliphatic carbocycles. The number of likely N-dealkylation sites (tertiary alicyclic amines) is 1. The van der Waals surface area contributed by atoms with Gasteiger partial charge in [-0.3, -0.25) is 9.69 Å². The van der Waals surface area contributed by atoms with Crippen molar-refractivity contribution in [3.8, 4) is 5.75 Å². The fourth-order valence-electron chi connectivity index (χ4n) is 2.61. The van der Waals surface area contributed by atoms with Gasteiger partial charge in [0.2, 0.25) is 0 Å². The van der Waals surface area contributed by atoms with Crippen LogP contribution in [0.2, 0.25) is 0 Å². The van der Waals surface area contributed by atoms with Crippen LogP contribution < -0.4 is 10.2 Å². The Morgan fingerprint density at radius 3 is 2.67 bits per heavy atom. The first-order valence-electron chi connectivity index (χ1n) is 9.09. The molecule has 148 valence electrons. The smallest absolute Gasteiger partial charge is 0.344 e. The van der Waals surface area contributed by atoms with E-state index in [2.05, 4.69) is 15.4 Å². The Bertz CT molecular complexity index is 616. The van der Waals surface area contributed by atoms with Crippen molar-refractivity contribution in [2.24, 2.45) is 5.10 Å². The maximum Gasteiger partial charge on any atom is 0.344 e. The van der Waals surface area contributed by atoms with Gasteiger partial charge in [0.25, 0.3) is 5.91 Å². The molecule has 8 heteroatoms. The van der Waals surface area contributed by atoms with Crippen molar-refractivity contribution in [1.82, 2.24) is 10.3 Å². The number of thioether (sulfide) groups is 1. The molecule has 1 fully saturated rings. The van der Waals surface area contributed by atoms with E-state index >= 15 is 0 Å². The summed E-state index contributed by atoms with van der Waals surface area (Å²) in [6.07, 6.45) is 7.08. The SMILES string of the molecule is CSCCOC(=O)COc1ccc(/C=N\NC(=O)CN2CCCCC2)cc1. The highest BCUT2D eigenvalue weighted by Crippen LogP contribution is 2.11. The van der Waals surface area contributed by atoms with E-state index in [9.17, 15) is 9.59 Å². The van der Waals surface area contributed by atoms with Crippen LogP contribution >= 0.6 is 11.8 Å². The van der Waals surface area contributed by atoms with Crippen molar-refractivity contribution < 1.29 is 19.1 Å². The molecule has 0 unspecified atom stereocenters. The maximum absolute atomic E-state index is 11.9. The Balaban J connectivity index is 1.67. The molecule has 1 saturated heterocycles. The normalized spacial score (nSPS) is 14.9. The van der Waals surface area contributed by atoms with E-state index < -0.39 is 0 Å². The Labute approximate surface area is 164 Å². The van der Waals surface area contributed by atoms with E-state index in [-0.39, 0.29) is 18.5 Å². The molecule has 0 radical (unpaired) electrons. The first kappa shape index (κ1) is 21.2. The topological polar surface area (TPSA) is 80.2 Å². The Hall–Kier alpha value is -2.06. The number of hydrazone groups is 1. The highest BCUT2D eigenvalue weighted by molar-refractivity contribution is 7.98. The Kier molecular flexibility index (Phi) is 9.72. The summed E-state index contributed by atoms with van der Waals surface area (Å²) in [4.78, 5) is 25.5. The molecule has 0 saturated carbocycles. The summed E-state index contributed by atoms with van der Waals surface area (Å²) in [5.74, 6) is 0.858. The molecule has 7 nitrogen and oxygen atoms in total. The molecule has 0 aromatic heterocycles. The van der Waals surface area contributed by atoms with Crippen LogP contribution in [0.15, 0.2) is 29.4 Å². The molecular formula is C19H27N3O4S. The van der Waals surface area contributed by atoms with Gasteiger partial charge in [0.05, 0.1) is 12.8 Å². The minimum Gasteiger partial charge on any atom is -0.482 e. The highest BCUT2D eigenvalue weighted by Gasteiger charge is 2.13. The van der Waals surface area contributed by atoms with Crippen LogP contribution in [0.3, 0.4) is 0 Å². The number of rotatable bonds is 10. The number of esters is 1. The predicted octanol–water partition coefficient (Wildman–Crippen LogP) is 1.91. The third kappa shape index (κ3) is 8.92. The maximum atomic E-state index is 11.9. The molecule has 1 amide bonds. The molecule has 0 bridgehead atoms. The number of benzene rings is 1. The van der Waals surface area contributed by atoms with Gasteiger partial charge in [-0.05, 0) is 62.0 Å². The zero-order valence-corrected chi connectivity index (χ0v) is 16.5. The van der Waals surface area contributed by atoms with Gasteiger partial charge in [0, 0.05) is 5.75 Å². The van der Waals surface area contributed by atoms with Crippen LogP contribution in [-0.4, -0.2) is 67.8 Å². The minimum absolute atomic E-state index is 0.104. The predicted molar refractivity (Wildman–Crippen MR) is 107 cm³/mol. The van der Waals surface area contributed by atoms with E-state index in [1.807, 2.05) is 6.26 Å². The summed E-state index contributed by atoms with van der Waals surface area (Å²) in [7, 11) is 0. The van der Waals surface area contributed by atoms with Gasteiger partial charge in [-0.15, -0.1) is 0 Å². The van der Waals surface area contributed by atoms with Crippen molar-refractivity contribution in [2.45, 2.75) is 19.3 Å². The number of carbonyl (C=O) groups excluding carboxylic acids is 2. The summed E-state index contributed by atoms with van der Waals surface area (Å²) in [6.45, 7) is 2.61. The summed E-state index contributed by atoms with van der Waals surface area (Å²) in [5.41, 5.74) is 3.37. The lowest BCUT2D eigenvalue weighted by Gasteiger charge is -2.25. The lowest BCUT2D eigenvalue weighted by atomic mass is 10.1. The van der Waals surface area contributed by atoms with Crippen LogP contribution in [0.5, 0.6) is 5.75 Å². The van der Waals surface area contributed by atoms with Gasteiger partial charge < -0.3 is 9.47 Å². The number of amides is 1. The van der Waals surface area contributed by atoms with Crippen LogP contribution in [0.25, 0.3) is 0 Å². The van der Waals surface area contributed by atoms with Gasteiger partial charge in [-0.2, -0.15) is 16.9 Å². The molecule has 2 rings (SSSR count). The van der Waals surface area contributed by atoms with E-state index in [0.717, 1.165) is 37.2 Å². The third-order valence-electron chi connectivity index (χ3n) is 4.01. The molecule has 0 spiro atoms. The first-order chi connectivity index (χ1) is 13.2. The monoisotopic (exact) mass is 393 g/mol. The number of hydrogen-bond donors (Lipinski definition) is 1. The fourth-order valence-corrected chi connectivity index (χ4v) is 2.86. The molecule has 27 heavy (non-hydrogen) atoms. The number of ether oxygens (including phenoxy) is 2. The Morgan fingerprint density at radius 2 is 1.96 bits per heavy atom. The molecule has 1 heterocycles. The molecular weight excluding hydrogens is 366 g/mol. The van der Waals surface area contributed by atoms with Gasteiger partial charge in [-0.25, -0.2) is 10.2 Å². The molecule has 1 aliphatic heterocycles. The summed E-state index contributed by atoms with van der Waals surface area (Å²) < 4.78 is 10.4. The Morgan fingerprint density at radius 1 is 1.22 bits per heavy atom. The largest absolute Gasteiger partial charge is 0.482 e. The van der Waals surface area contributed by atoms with Crippen molar-refractivity contribution in [3.05, 3.63) is 29.8 Å². The lowest BCUT2D eigenvalue weighted by molar-refractivity contribution is -0.145. The first-order valence-corrected chi connectivity index (χ1v) is 10.5.